The molecule has 3 atom stereocenters. The van der Waals surface area contributed by atoms with Crippen LogP contribution in [-0.4, -0.2) is 41.8 Å². The van der Waals surface area contributed by atoms with Gasteiger partial charge in [0.15, 0.2) is 0 Å². The van der Waals surface area contributed by atoms with E-state index >= 15 is 0 Å². The zero-order chi connectivity index (χ0) is 14.5. The number of hydrogen-bond donors (Lipinski definition) is 2. The van der Waals surface area contributed by atoms with E-state index in [2.05, 4.69) is 4.90 Å². The maximum Gasteiger partial charge on any atom is 0.123 e. The molecule has 1 heterocycles. The molecule has 0 aromatic heterocycles. The Kier molecular flexibility index (Phi) is 5.52. The van der Waals surface area contributed by atoms with Crippen molar-refractivity contribution < 1.29 is 9.50 Å². The van der Waals surface area contributed by atoms with E-state index in [4.69, 9.17) is 5.73 Å². The summed E-state index contributed by atoms with van der Waals surface area (Å²) in [7, 11) is 0. The first kappa shape index (κ1) is 15.4. The van der Waals surface area contributed by atoms with Crippen molar-refractivity contribution in [2.75, 3.05) is 19.6 Å². The molecule has 3 N–H and O–H groups in total. The van der Waals surface area contributed by atoms with E-state index in [0.29, 0.717) is 12.5 Å². The summed E-state index contributed by atoms with van der Waals surface area (Å²) >= 11 is 0. The van der Waals surface area contributed by atoms with Crippen molar-refractivity contribution in [3.8, 4) is 0 Å². The Morgan fingerprint density at radius 2 is 2.10 bits per heavy atom. The van der Waals surface area contributed by atoms with Crippen molar-refractivity contribution >= 4 is 0 Å². The number of aliphatic hydroxyl groups is 1. The number of nitrogens with two attached hydrogens (primary N) is 1. The molecule has 0 amide bonds. The summed E-state index contributed by atoms with van der Waals surface area (Å²) in [6.45, 7) is 4.51. The molecule has 4 heteroatoms. The molecule has 0 unspecified atom stereocenters. The maximum atomic E-state index is 12.9. The first-order valence-electron chi connectivity index (χ1n) is 7.45. The lowest BCUT2D eigenvalue weighted by molar-refractivity contribution is 0.0721. The summed E-state index contributed by atoms with van der Waals surface area (Å²) in [5.74, 6) is 0.397. The Labute approximate surface area is 120 Å². The normalized spacial score (nSPS) is 23.5. The molecule has 0 radical (unpaired) electrons. The first-order valence-corrected chi connectivity index (χ1v) is 7.45. The molecule has 112 valence electrons. The van der Waals surface area contributed by atoms with E-state index in [1.807, 2.05) is 19.1 Å². The second-order valence-electron chi connectivity index (χ2n) is 6.02. The Hall–Kier alpha value is -0.970. The minimum Gasteiger partial charge on any atom is -0.390 e. The monoisotopic (exact) mass is 280 g/mol. The van der Waals surface area contributed by atoms with Gasteiger partial charge >= 0.3 is 0 Å². The van der Waals surface area contributed by atoms with Crippen LogP contribution >= 0.6 is 0 Å². The zero-order valence-electron chi connectivity index (χ0n) is 12.1. The van der Waals surface area contributed by atoms with E-state index < -0.39 is 6.10 Å². The highest BCUT2D eigenvalue weighted by Gasteiger charge is 2.23. The highest BCUT2D eigenvalue weighted by Crippen LogP contribution is 2.21. The minimum absolute atomic E-state index is 0.181. The number of nitrogens with zero attached hydrogens (tertiary/aromatic N) is 1. The van der Waals surface area contributed by atoms with Crippen molar-refractivity contribution in [1.82, 2.24) is 4.90 Å². The number of piperidine rings is 1. The lowest BCUT2D eigenvalue weighted by Crippen LogP contribution is -2.45. The van der Waals surface area contributed by atoms with Gasteiger partial charge in [-0.1, -0.05) is 12.1 Å². The molecule has 1 fully saturated rings. The standard InChI is InChI=1S/C16H25FN2O/c1-12(18)16(20)11-19-8-2-3-14(10-19)9-13-4-6-15(17)7-5-13/h4-7,12,14,16,20H,2-3,8-11,18H2,1H3/t12-,14+,16+/m1/s1. The van der Waals surface area contributed by atoms with E-state index in [1.54, 1.807) is 0 Å². The van der Waals surface area contributed by atoms with Gasteiger partial charge in [-0.2, -0.15) is 0 Å². The van der Waals surface area contributed by atoms with Gasteiger partial charge in [0.25, 0.3) is 0 Å². The van der Waals surface area contributed by atoms with E-state index in [9.17, 15) is 9.50 Å². The van der Waals surface area contributed by atoms with Gasteiger partial charge in [-0.05, 0) is 56.3 Å². The van der Waals surface area contributed by atoms with Crippen molar-refractivity contribution in [2.45, 2.75) is 38.3 Å². The molecule has 1 aliphatic heterocycles. The van der Waals surface area contributed by atoms with Gasteiger partial charge in [0, 0.05) is 19.1 Å². The average molecular weight is 280 g/mol. The Morgan fingerprint density at radius 1 is 1.40 bits per heavy atom. The fourth-order valence-corrected chi connectivity index (χ4v) is 2.87. The highest BCUT2D eigenvalue weighted by atomic mass is 19.1. The number of likely N-dealkylation sites (tertiary alicyclic amines) is 1. The van der Waals surface area contributed by atoms with Crippen LogP contribution in [0.4, 0.5) is 4.39 Å². The van der Waals surface area contributed by atoms with Gasteiger partial charge in [0.05, 0.1) is 6.10 Å². The quantitative estimate of drug-likeness (QED) is 0.864. The predicted molar refractivity (Wildman–Crippen MR) is 78.9 cm³/mol. The molecule has 0 spiro atoms. The fourth-order valence-electron chi connectivity index (χ4n) is 2.87. The molecule has 1 aliphatic rings. The van der Waals surface area contributed by atoms with Crippen LogP contribution in [0.25, 0.3) is 0 Å². The first-order chi connectivity index (χ1) is 9.54. The number of β-amino-alcohol motifs (C(OH)–C–C–N with tert-alkyl or cyclic N) is 1. The molecular formula is C16H25FN2O. The van der Waals surface area contributed by atoms with Crippen molar-refractivity contribution in [3.63, 3.8) is 0 Å². The topological polar surface area (TPSA) is 49.5 Å². The van der Waals surface area contributed by atoms with Crippen LogP contribution in [0.15, 0.2) is 24.3 Å². The van der Waals surface area contributed by atoms with Crippen molar-refractivity contribution in [3.05, 3.63) is 35.6 Å². The predicted octanol–water partition coefficient (Wildman–Crippen LogP) is 1.79. The SMILES string of the molecule is C[C@@H](N)[C@@H](O)CN1CCC[C@@H](Cc2ccc(F)cc2)C1. The Bertz CT molecular complexity index is 407. The van der Waals surface area contributed by atoms with Crippen LogP contribution in [0.3, 0.4) is 0 Å². The van der Waals surface area contributed by atoms with Crippen LogP contribution in [0.1, 0.15) is 25.3 Å². The second kappa shape index (κ2) is 7.16. The molecule has 3 nitrogen and oxygen atoms in total. The van der Waals surface area contributed by atoms with E-state index in [-0.39, 0.29) is 11.9 Å². The number of halogens is 1. The Morgan fingerprint density at radius 3 is 2.75 bits per heavy atom. The molecule has 0 bridgehead atoms. The zero-order valence-corrected chi connectivity index (χ0v) is 12.1. The molecule has 0 aliphatic carbocycles. The van der Waals surface area contributed by atoms with Gasteiger partial charge < -0.3 is 15.7 Å². The summed E-state index contributed by atoms with van der Waals surface area (Å²) in [5.41, 5.74) is 6.90. The van der Waals surface area contributed by atoms with Gasteiger partial charge in [0.1, 0.15) is 5.82 Å². The largest absolute Gasteiger partial charge is 0.390 e. The summed E-state index contributed by atoms with van der Waals surface area (Å²) in [4.78, 5) is 2.30. The third-order valence-corrected chi connectivity index (χ3v) is 4.09. The smallest absolute Gasteiger partial charge is 0.123 e. The average Bonchev–Trinajstić information content (AvgIpc) is 2.42. The lowest BCUT2D eigenvalue weighted by atomic mass is 9.91. The second-order valence-corrected chi connectivity index (χ2v) is 6.02. The molecule has 1 saturated heterocycles. The number of hydrogen-bond acceptors (Lipinski definition) is 3. The van der Waals surface area contributed by atoms with Crippen LogP contribution in [0, 0.1) is 11.7 Å². The van der Waals surface area contributed by atoms with E-state index in [0.717, 1.165) is 25.9 Å². The van der Waals surface area contributed by atoms with Gasteiger partial charge in [-0.15, -0.1) is 0 Å². The molecule has 2 rings (SSSR count). The van der Waals surface area contributed by atoms with Gasteiger partial charge in [0.2, 0.25) is 0 Å². The number of benzene rings is 1. The van der Waals surface area contributed by atoms with Crippen LogP contribution in [-0.2, 0) is 6.42 Å². The molecule has 1 aromatic rings. The number of rotatable bonds is 5. The lowest BCUT2D eigenvalue weighted by Gasteiger charge is -2.34. The van der Waals surface area contributed by atoms with Gasteiger partial charge in [-0.3, -0.25) is 0 Å². The molecule has 0 saturated carbocycles. The van der Waals surface area contributed by atoms with Crippen LogP contribution in [0.5, 0.6) is 0 Å². The summed E-state index contributed by atoms with van der Waals surface area (Å²) in [5, 5.41) is 9.88. The maximum absolute atomic E-state index is 12.9. The van der Waals surface area contributed by atoms with E-state index in [1.165, 1.54) is 24.1 Å². The fraction of sp³-hybridized carbons (Fsp3) is 0.625. The Balaban J connectivity index is 1.85. The summed E-state index contributed by atoms with van der Waals surface area (Å²) in [6.07, 6.45) is 2.87. The van der Waals surface area contributed by atoms with Crippen LogP contribution < -0.4 is 5.73 Å². The summed E-state index contributed by atoms with van der Waals surface area (Å²) in [6, 6.07) is 6.59. The van der Waals surface area contributed by atoms with Crippen molar-refractivity contribution in [1.29, 1.82) is 0 Å². The van der Waals surface area contributed by atoms with Crippen molar-refractivity contribution in [2.24, 2.45) is 11.7 Å². The van der Waals surface area contributed by atoms with Gasteiger partial charge in [-0.25, -0.2) is 4.39 Å². The highest BCUT2D eigenvalue weighted by molar-refractivity contribution is 5.16. The molecular weight excluding hydrogens is 255 g/mol. The molecule has 1 aromatic carbocycles. The number of aliphatic hydroxyl groups excluding tert-OH is 1. The summed E-state index contributed by atoms with van der Waals surface area (Å²) < 4.78 is 12.9. The minimum atomic E-state index is -0.459. The van der Waals surface area contributed by atoms with Crippen LogP contribution in [0.2, 0.25) is 0 Å². The molecule has 20 heavy (non-hydrogen) atoms. The third-order valence-electron chi connectivity index (χ3n) is 4.09. The third kappa shape index (κ3) is 4.54.